The first-order chi connectivity index (χ1) is 8.25. The summed E-state index contributed by atoms with van der Waals surface area (Å²) in [4.78, 5) is 0.0711. The van der Waals surface area contributed by atoms with Crippen LogP contribution in [0.15, 0.2) is 23.1 Å². The zero-order chi connectivity index (χ0) is 13.9. The van der Waals surface area contributed by atoms with Crippen molar-refractivity contribution in [3.8, 4) is 5.75 Å². The number of sulfonamides is 1. The van der Waals surface area contributed by atoms with E-state index >= 15 is 0 Å². The molecule has 0 heterocycles. The van der Waals surface area contributed by atoms with Gasteiger partial charge in [-0.3, -0.25) is 0 Å². The normalized spacial score (nSPS) is 13.4. The van der Waals surface area contributed by atoms with E-state index in [2.05, 4.69) is 19.2 Å². The molecular weight excluding hydrogens is 252 g/mol. The van der Waals surface area contributed by atoms with Crippen molar-refractivity contribution in [2.45, 2.75) is 31.7 Å². The van der Waals surface area contributed by atoms with Gasteiger partial charge >= 0.3 is 0 Å². The van der Waals surface area contributed by atoms with Crippen LogP contribution >= 0.6 is 0 Å². The molecule has 1 aromatic carbocycles. The fourth-order valence-corrected chi connectivity index (χ4v) is 1.93. The van der Waals surface area contributed by atoms with Crippen molar-refractivity contribution in [3.63, 3.8) is 0 Å². The number of hydrogen-bond acceptors (Lipinski definition) is 4. The maximum atomic E-state index is 11.3. The van der Waals surface area contributed by atoms with Crippen molar-refractivity contribution in [2.75, 3.05) is 12.4 Å². The number of hydrogen-bond donors (Lipinski definition) is 2. The van der Waals surface area contributed by atoms with Crippen molar-refractivity contribution in [2.24, 2.45) is 11.1 Å². The molecule has 0 fully saturated rings. The van der Waals surface area contributed by atoms with Gasteiger partial charge in [-0.2, -0.15) is 0 Å². The average molecular weight is 272 g/mol. The van der Waals surface area contributed by atoms with Gasteiger partial charge in [-0.05, 0) is 31.0 Å². The van der Waals surface area contributed by atoms with Gasteiger partial charge in [-0.25, -0.2) is 13.6 Å². The zero-order valence-corrected chi connectivity index (χ0v) is 11.9. The number of nitrogens with one attached hydrogen (secondary N) is 1. The smallest absolute Gasteiger partial charge is 0.238 e. The molecule has 0 saturated heterocycles. The molecule has 0 spiro atoms. The van der Waals surface area contributed by atoms with E-state index in [1.165, 1.54) is 19.2 Å². The Balaban J connectivity index is 3.15. The van der Waals surface area contributed by atoms with Gasteiger partial charge in [0.2, 0.25) is 10.0 Å². The standard InChI is InChI=1S/C12H20N2O3S/c1-8(2)9(3)14-11-7-10(18(13,15)16)5-6-12(11)17-4/h5-9,14H,1-4H3,(H2,13,15,16). The maximum Gasteiger partial charge on any atom is 0.238 e. The number of rotatable bonds is 5. The highest BCUT2D eigenvalue weighted by molar-refractivity contribution is 7.89. The van der Waals surface area contributed by atoms with Crippen LogP contribution in [-0.2, 0) is 10.0 Å². The third-order valence-corrected chi connectivity index (χ3v) is 3.79. The predicted molar refractivity (Wildman–Crippen MR) is 72.3 cm³/mol. The molecule has 1 unspecified atom stereocenters. The monoisotopic (exact) mass is 272 g/mol. The molecule has 1 atom stereocenters. The summed E-state index contributed by atoms with van der Waals surface area (Å²) in [5.74, 6) is 1.00. The van der Waals surface area contributed by atoms with Crippen molar-refractivity contribution in [1.82, 2.24) is 0 Å². The molecule has 1 rings (SSSR count). The van der Waals surface area contributed by atoms with Crippen LogP contribution in [0.2, 0.25) is 0 Å². The molecule has 0 bridgehead atoms. The van der Waals surface area contributed by atoms with Crippen molar-refractivity contribution in [3.05, 3.63) is 18.2 Å². The van der Waals surface area contributed by atoms with E-state index in [0.29, 0.717) is 17.4 Å². The molecule has 6 heteroatoms. The van der Waals surface area contributed by atoms with E-state index in [0.717, 1.165) is 0 Å². The second kappa shape index (κ2) is 5.58. The second-order valence-electron chi connectivity index (χ2n) is 4.58. The van der Waals surface area contributed by atoms with Crippen LogP contribution in [0.25, 0.3) is 0 Å². The first-order valence-corrected chi connectivity index (χ1v) is 7.27. The summed E-state index contributed by atoms with van der Waals surface area (Å²) in [5.41, 5.74) is 0.630. The first-order valence-electron chi connectivity index (χ1n) is 5.73. The van der Waals surface area contributed by atoms with Crippen LogP contribution in [0.4, 0.5) is 5.69 Å². The van der Waals surface area contributed by atoms with E-state index < -0.39 is 10.0 Å². The Kier molecular flexibility index (Phi) is 4.59. The average Bonchev–Trinajstić information content (AvgIpc) is 2.27. The lowest BCUT2D eigenvalue weighted by Gasteiger charge is -2.21. The molecule has 0 saturated carbocycles. The highest BCUT2D eigenvalue weighted by Crippen LogP contribution is 2.28. The number of methoxy groups -OCH3 is 1. The van der Waals surface area contributed by atoms with Gasteiger partial charge in [-0.15, -0.1) is 0 Å². The number of primary sulfonamides is 1. The molecule has 1 aromatic rings. The van der Waals surface area contributed by atoms with Gasteiger partial charge < -0.3 is 10.1 Å². The minimum absolute atomic E-state index is 0.0711. The van der Waals surface area contributed by atoms with E-state index in [-0.39, 0.29) is 10.9 Å². The predicted octanol–water partition coefficient (Wildman–Crippen LogP) is 1.80. The summed E-state index contributed by atoms with van der Waals surface area (Å²) >= 11 is 0. The Hall–Kier alpha value is -1.27. The fraction of sp³-hybridized carbons (Fsp3) is 0.500. The Bertz CT molecular complexity index is 512. The third kappa shape index (κ3) is 3.61. The summed E-state index contributed by atoms with van der Waals surface area (Å²) in [7, 11) is -2.16. The Morgan fingerprint density at radius 2 is 1.89 bits per heavy atom. The lowest BCUT2D eigenvalue weighted by Crippen LogP contribution is -2.22. The molecule has 0 aliphatic rings. The summed E-state index contributed by atoms with van der Waals surface area (Å²) in [5, 5.41) is 8.34. The highest BCUT2D eigenvalue weighted by atomic mass is 32.2. The summed E-state index contributed by atoms with van der Waals surface area (Å²) in [6.07, 6.45) is 0. The van der Waals surface area contributed by atoms with Gasteiger partial charge in [0.15, 0.2) is 0 Å². The molecule has 0 aliphatic carbocycles. The molecule has 5 nitrogen and oxygen atoms in total. The summed E-state index contributed by atoms with van der Waals surface area (Å²) in [6.45, 7) is 6.18. The molecule has 0 aliphatic heterocycles. The van der Waals surface area contributed by atoms with Gasteiger partial charge in [0, 0.05) is 6.04 Å². The summed E-state index contributed by atoms with van der Waals surface area (Å²) in [6, 6.07) is 4.70. The number of anilines is 1. The molecule has 0 amide bonds. The first kappa shape index (κ1) is 14.8. The van der Waals surface area contributed by atoms with Crippen molar-refractivity contribution >= 4 is 15.7 Å². The second-order valence-corrected chi connectivity index (χ2v) is 6.15. The van der Waals surface area contributed by atoms with Gasteiger partial charge in [0.1, 0.15) is 5.75 Å². The third-order valence-electron chi connectivity index (χ3n) is 2.88. The van der Waals surface area contributed by atoms with Gasteiger partial charge in [-0.1, -0.05) is 13.8 Å². The van der Waals surface area contributed by atoms with E-state index in [4.69, 9.17) is 9.88 Å². The lowest BCUT2D eigenvalue weighted by molar-refractivity contribution is 0.414. The van der Waals surface area contributed by atoms with E-state index in [1.807, 2.05) is 6.92 Å². The van der Waals surface area contributed by atoms with Crippen molar-refractivity contribution < 1.29 is 13.2 Å². The number of ether oxygens (including phenoxy) is 1. The lowest BCUT2D eigenvalue weighted by atomic mass is 10.1. The Labute approximate surface area is 108 Å². The van der Waals surface area contributed by atoms with Gasteiger partial charge in [0.25, 0.3) is 0 Å². The van der Waals surface area contributed by atoms with Crippen LogP contribution in [0.5, 0.6) is 5.75 Å². The van der Waals surface area contributed by atoms with Crippen LogP contribution in [0, 0.1) is 5.92 Å². The van der Waals surface area contributed by atoms with Crippen LogP contribution in [-0.4, -0.2) is 21.6 Å². The zero-order valence-electron chi connectivity index (χ0n) is 11.1. The summed E-state index contributed by atoms with van der Waals surface area (Å²) < 4.78 is 27.8. The van der Waals surface area contributed by atoms with Crippen LogP contribution in [0.3, 0.4) is 0 Å². The molecule has 0 aromatic heterocycles. The minimum atomic E-state index is -3.70. The largest absolute Gasteiger partial charge is 0.495 e. The van der Waals surface area contributed by atoms with E-state index in [1.54, 1.807) is 6.07 Å². The SMILES string of the molecule is COc1ccc(S(N)(=O)=O)cc1NC(C)C(C)C. The Morgan fingerprint density at radius 3 is 2.33 bits per heavy atom. The minimum Gasteiger partial charge on any atom is -0.495 e. The Morgan fingerprint density at radius 1 is 1.28 bits per heavy atom. The molecule has 102 valence electrons. The topological polar surface area (TPSA) is 81.4 Å². The molecular formula is C12H20N2O3S. The molecule has 18 heavy (non-hydrogen) atoms. The van der Waals surface area contributed by atoms with Crippen LogP contribution < -0.4 is 15.2 Å². The fourth-order valence-electron chi connectivity index (χ4n) is 1.39. The van der Waals surface area contributed by atoms with Gasteiger partial charge in [0.05, 0.1) is 17.7 Å². The number of nitrogens with two attached hydrogens (primary N) is 1. The van der Waals surface area contributed by atoms with Crippen molar-refractivity contribution in [1.29, 1.82) is 0 Å². The number of benzene rings is 1. The quantitative estimate of drug-likeness (QED) is 0.856. The van der Waals surface area contributed by atoms with Crippen LogP contribution in [0.1, 0.15) is 20.8 Å². The van der Waals surface area contributed by atoms with E-state index in [9.17, 15) is 8.42 Å². The highest BCUT2D eigenvalue weighted by Gasteiger charge is 2.14. The molecule has 0 radical (unpaired) electrons. The molecule has 3 N–H and O–H groups in total. The maximum absolute atomic E-state index is 11.3.